The Balaban J connectivity index is 1.39. The van der Waals surface area contributed by atoms with Crippen molar-refractivity contribution >= 4 is 23.5 Å². The first kappa shape index (κ1) is 20.2. The molecule has 2 N–H and O–H groups in total. The summed E-state index contributed by atoms with van der Waals surface area (Å²) in [7, 11) is 0. The van der Waals surface area contributed by atoms with Crippen LogP contribution >= 0.6 is 11.6 Å². The minimum Gasteiger partial charge on any atom is -0.339 e. The number of nitrogens with one attached hydrogen (secondary N) is 2. The molecule has 1 saturated heterocycles. The molecule has 2 aromatic carbocycles. The van der Waals surface area contributed by atoms with E-state index in [0.29, 0.717) is 23.7 Å². The van der Waals surface area contributed by atoms with Crippen molar-refractivity contribution in [3.63, 3.8) is 0 Å². The highest BCUT2D eigenvalue weighted by atomic mass is 35.5. The highest BCUT2D eigenvalue weighted by Crippen LogP contribution is 2.14. The topological polar surface area (TPSA) is 61.4 Å². The molecule has 0 aliphatic carbocycles. The Bertz CT molecular complexity index is 784. The Morgan fingerprint density at radius 1 is 0.857 bits per heavy atom. The van der Waals surface area contributed by atoms with Crippen molar-refractivity contribution in [1.29, 1.82) is 0 Å². The van der Waals surface area contributed by atoms with E-state index in [2.05, 4.69) is 10.6 Å². The summed E-state index contributed by atoms with van der Waals surface area (Å²) < 4.78 is 0. The molecule has 0 unspecified atom stereocenters. The summed E-state index contributed by atoms with van der Waals surface area (Å²) in [4.78, 5) is 26.3. The van der Waals surface area contributed by atoms with Gasteiger partial charge in [-0.15, -0.1) is 0 Å². The van der Waals surface area contributed by atoms with E-state index >= 15 is 0 Å². The summed E-state index contributed by atoms with van der Waals surface area (Å²) in [5.41, 5.74) is 2.79. The van der Waals surface area contributed by atoms with Crippen LogP contribution < -0.4 is 10.6 Å². The molecular weight excluding hydrogens is 374 g/mol. The van der Waals surface area contributed by atoms with E-state index in [-0.39, 0.29) is 11.9 Å². The number of likely N-dealkylation sites (tertiary alicyclic amines) is 1. The molecule has 1 fully saturated rings. The maximum absolute atomic E-state index is 12.5. The van der Waals surface area contributed by atoms with Gasteiger partial charge in [0.15, 0.2) is 0 Å². The normalized spacial score (nSPS) is 13.8. The Morgan fingerprint density at radius 2 is 1.50 bits per heavy atom. The number of benzene rings is 2. The molecule has 148 valence electrons. The van der Waals surface area contributed by atoms with Gasteiger partial charge < -0.3 is 15.5 Å². The van der Waals surface area contributed by atoms with Crippen LogP contribution in [0, 0.1) is 0 Å². The van der Waals surface area contributed by atoms with Crippen LogP contribution in [-0.4, -0.2) is 36.5 Å². The summed E-state index contributed by atoms with van der Waals surface area (Å²) in [5, 5.41) is 6.39. The lowest BCUT2D eigenvalue weighted by molar-refractivity contribution is 0.0724. The zero-order chi connectivity index (χ0) is 19.8. The van der Waals surface area contributed by atoms with Gasteiger partial charge in [-0.1, -0.05) is 35.9 Å². The fourth-order valence-electron chi connectivity index (χ4n) is 3.26. The molecule has 0 spiro atoms. The Labute approximate surface area is 171 Å². The summed E-state index contributed by atoms with van der Waals surface area (Å²) >= 11 is 5.86. The number of piperidine rings is 1. The number of hydrogen-bond acceptors (Lipinski definition) is 2. The van der Waals surface area contributed by atoms with Crippen LogP contribution in [0.15, 0.2) is 48.5 Å². The van der Waals surface area contributed by atoms with Gasteiger partial charge in [-0.25, -0.2) is 4.79 Å². The van der Waals surface area contributed by atoms with Crippen LogP contribution in [0.4, 0.5) is 4.79 Å². The number of urea groups is 1. The maximum Gasteiger partial charge on any atom is 0.315 e. The summed E-state index contributed by atoms with van der Waals surface area (Å²) in [6.45, 7) is 2.67. The van der Waals surface area contributed by atoms with Crippen molar-refractivity contribution in [2.75, 3.05) is 19.6 Å². The van der Waals surface area contributed by atoms with Crippen molar-refractivity contribution in [2.45, 2.75) is 32.2 Å². The van der Waals surface area contributed by atoms with E-state index in [4.69, 9.17) is 11.6 Å². The van der Waals surface area contributed by atoms with E-state index in [0.717, 1.165) is 43.5 Å². The Kier molecular flexibility index (Phi) is 7.31. The van der Waals surface area contributed by atoms with Crippen LogP contribution in [0.2, 0.25) is 5.02 Å². The molecule has 0 radical (unpaired) electrons. The van der Waals surface area contributed by atoms with Gasteiger partial charge in [0.05, 0.1) is 0 Å². The van der Waals surface area contributed by atoms with Gasteiger partial charge in [0.25, 0.3) is 5.91 Å². The SMILES string of the molecule is O=C(NCCc1ccc(Cl)cc1)NCc1ccc(C(=O)N2CCCCC2)cc1. The second kappa shape index (κ2) is 10.1. The van der Waals surface area contributed by atoms with Gasteiger partial charge in [0.1, 0.15) is 0 Å². The number of halogens is 1. The smallest absolute Gasteiger partial charge is 0.315 e. The van der Waals surface area contributed by atoms with E-state index in [1.165, 1.54) is 6.42 Å². The molecule has 3 amide bonds. The zero-order valence-electron chi connectivity index (χ0n) is 15.9. The molecule has 0 bridgehead atoms. The molecule has 1 aliphatic heterocycles. The van der Waals surface area contributed by atoms with Gasteiger partial charge in [-0.2, -0.15) is 0 Å². The van der Waals surface area contributed by atoms with Gasteiger partial charge in [-0.05, 0) is 61.1 Å². The lowest BCUT2D eigenvalue weighted by atomic mass is 10.1. The molecule has 5 nitrogen and oxygen atoms in total. The molecule has 6 heteroatoms. The van der Waals surface area contributed by atoms with E-state index in [1.54, 1.807) is 0 Å². The minimum atomic E-state index is -0.206. The third-order valence-electron chi connectivity index (χ3n) is 4.91. The molecule has 0 atom stereocenters. The molecule has 0 saturated carbocycles. The first-order chi connectivity index (χ1) is 13.6. The second-order valence-electron chi connectivity index (χ2n) is 7.04. The average molecular weight is 400 g/mol. The fourth-order valence-corrected chi connectivity index (χ4v) is 3.39. The number of rotatable bonds is 6. The Morgan fingerprint density at radius 3 is 2.18 bits per heavy atom. The number of hydrogen-bond donors (Lipinski definition) is 2. The number of nitrogens with zero attached hydrogens (tertiary/aromatic N) is 1. The van der Waals surface area contributed by atoms with Crippen LogP contribution in [0.5, 0.6) is 0 Å². The molecule has 28 heavy (non-hydrogen) atoms. The van der Waals surface area contributed by atoms with Crippen LogP contribution in [0.1, 0.15) is 40.7 Å². The lowest BCUT2D eigenvalue weighted by Gasteiger charge is -2.26. The van der Waals surface area contributed by atoms with E-state index in [9.17, 15) is 9.59 Å². The predicted molar refractivity (Wildman–Crippen MR) is 112 cm³/mol. The molecule has 1 aliphatic rings. The third kappa shape index (κ3) is 5.99. The first-order valence-electron chi connectivity index (χ1n) is 9.76. The summed E-state index contributed by atoms with van der Waals surface area (Å²) in [6.07, 6.45) is 4.12. The molecule has 0 aromatic heterocycles. The largest absolute Gasteiger partial charge is 0.339 e. The average Bonchev–Trinajstić information content (AvgIpc) is 2.74. The van der Waals surface area contributed by atoms with Crippen LogP contribution in [0.3, 0.4) is 0 Å². The lowest BCUT2D eigenvalue weighted by Crippen LogP contribution is -2.36. The van der Waals surface area contributed by atoms with Crippen molar-refractivity contribution < 1.29 is 9.59 Å². The van der Waals surface area contributed by atoms with Crippen molar-refractivity contribution in [1.82, 2.24) is 15.5 Å². The molecular formula is C22H26ClN3O2. The van der Waals surface area contributed by atoms with Gasteiger partial charge in [-0.3, -0.25) is 4.79 Å². The van der Waals surface area contributed by atoms with Crippen molar-refractivity contribution in [3.8, 4) is 0 Å². The fraction of sp³-hybridized carbons (Fsp3) is 0.364. The van der Waals surface area contributed by atoms with Gasteiger partial charge >= 0.3 is 6.03 Å². The highest BCUT2D eigenvalue weighted by molar-refractivity contribution is 6.30. The maximum atomic E-state index is 12.5. The standard InChI is InChI=1S/C22H26ClN3O2/c23-20-10-6-17(7-11-20)12-13-24-22(28)25-16-18-4-8-19(9-5-18)21(27)26-14-2-1-3-15-26/h4-11H,1-3,12-16H2,(H2,24,25,28). The number of carbonyl (C=O) groups is 2. The zero-order valence-corrected chi connectivity index (χ0v) is 16.7. The Hall–Kier alpha value is -2.53. The molecule has 2 aromatic rings. The van der Waals surface area contributed by atoms with Gasteiger partial charge in [0.2, 0.25) is 0 Å². The second-order valence-corrected chi connectivity index (χ2v) is 7.47. The molecule has 3 rings (SSSR count). The van der Waals surface area contributed by atoms with Crippen molar-refractivity contribution in [3.05, 3.63) is 70.2 Å². The van der Waals surface area contributed by atoms with Crippen LogP contribution in [-0.2, 0) is 13.0 Å². The third-order valence-corrected chi connectivity index (χ3v) is 5.16. The van der Waals surface area contributed by atoms with Gasteiger partial charge in [0, 0.05) is 36.8 Å². The number of amides is 3. The quantitative estimate of drug-likeness (QED) is 0.771. The first-order valence-corrected chi connectivity index (χ1v) is 10.1. The number of carbonyl (C=O) groups excluding carboxylic acids is 2. The minimum absolute atomic E-state index is 0.0964. The summed E-state index contributed by atoms with van der Waals surface area (Å²) in [6, 6.07) is 14.9. The van der Waals surface area contributed by atoms with E-state index < -0.39 is 0 Å². The monoisotopic (exact) mass is 399 g/mol. The highest BCUT2D eigenvalue weighted by Gasteiger charge is 2.17. The predicted octanol–water partition coefficient (Wildman–Crippen LogP) is 4.01. The summed E-state index contributed by atoms with van der Waals surface area (Å²) in [5.74, 6) is 0.0964. The van der Waals surface area contributed by atoms with Crippen molar-refractivity contribution in [2.24, 2.45) is 0 Å². The molecule has 1 heterocycles. The van der Waals surface area contributed by atoms with E-state index in [1.807, 2.05) is 53.4 Å². The van der Waals surface area contributed by atoms with Crippen LogP contribution in [0.25, 0.3) is 0 Å².